The van der Waals surface area contributed by atoms with E-state index in [4.69, 9.17) is 21.7 Å². The number of ether oxygens (including phenoxy) is 2. The number of carbonyl (C=O) groups excluding carboxylic acids is 2. The molecule has 40 heavy (non-hydrogen) atoms. The zero-order valence-corrected chi connectivity index (χ0v) is 23.0. The van der Waals surface area contributed by atoms with Crippen LogP contribution in [-0.2, 0) is 26.3 Å². The molecule has 2 N–H and O–H groups in total. The molecule has 3 aromatic carbocycles. The zero-order chi connectivity index (χ0) is 28.1. The normalized spacial score (nSPS) is 18.9. The summed E-state index contributed by atoms with van der Waals surface area (Å²) in [5.41, 5.74) is 1.81. The van der Waals surface area contributed by atoms with Crippen LogP contribution in [0.2, 0.25) is 0 Å². The van der Waals surface area contributed by atoms with Gasteiger partial charge in [0.25, 0.3) is 5.91 Å². The molecule has 0 bridgehead atoms. The van der Waals surface area contributed by atoms with Crippen molar-refractivity contribution in [3.8, 4) is 5.75 Å². The first-order chi connectivity index (χ1) is 19.4. The van der Waals surface area contributed by atoms with Crippen molar-refractivity contribution in [2.45, 2.75) is 18.4 Å². The average Bonchev–Trinajstić information content (AvgIpc) is 3.21. The van der Waals surface area contributed by atoms with E-state index in [0.717, 1.165) is 24.3 Å². The molecule has 2 heterocycles. The number of hydrogen-bond donors (Lipinski definition) is 2. The molecule has 0 aromatic heterocycles. The van der Waals surface area contributed by atoms with Gasteiger partial charge in [-0.3, -0.25) is 9.59 Å². The maximum atomic E-state index is 13.9. The Morgan fingerprint density at radius 1 is 1.05 bits per heavy atom. The minimum Gasteiger partial charge on any atom is -0.497 e. The molecule has 8 nitrogen and oxygen atoms in total. The summed E-state index contributed by atoms with van der Waals surface area (Å²) in [6, 6.07) is 20.9. The summed E-state index contributed by atoms with van der Waals surface area (Å²) in [6.45, 7) is 3.52. The van der Waals surface area contributed by atoms with Crippen LogP contribution < -0.4 is 20.3 Å². The minimum atomic E-state index is -1.44. The van der Waals surface area contributed by atoms with E-state index in [-0.39, 0.29) is 17.4 Å². The van der Waals surface area contributed by atoms with Crippen LogP contribution in [0.5, 0.6) is 5.75 Å². The number of anilines is 2. The standard InChI is InChI=1S/C30H31FN4O4S/c1-38-26-12-8-24(9-13-26)32-27(36)20-30(22-4-6-23(31)7-5-22)28(37)33-29(40)35(30)15-14-21-2-10-25(11-3-21)34-16-18-39-19-17-34/h2-13H,14-20H2,1H3,(H,32,36)(H,33,37,40). The molecule has 208 valence electrons. The maximum Gasteiger partial charge on any atom is 0.257 e. The van der Waals surface area contributed by atoms with E-state index in [1.54, 1.807) is 36.3 Å². The summed E-state index contributed by atoms with van der Waals surface area (Å²) in [7, 11) is 1.56. The molecule has 5 rings (SSSR count). The van der Waals surface area contributed by atoms with Crippen molar-refractivity contribution in [1.82, 2.24) is 10.2 Å². The molecule has 2 aliphatic rings. The van der Waals surface area contributed by atoms with Gasteiger partial charge in [-0.25, -0.2) is 4.39 Å². The van der Waals surface area contributed by atoms with Gasteiger partial charge in [-0.05, 0) is 78.3 Å². The van der Waals surface area contributed by atoms with E-state index in [0.29, 0.717) is 43.2 Å². The Balaban J connectivity index is 1.38. The largest absolute Gasteiger partial charge is 0.497 e. The van der Waals surface area contributed by atoms with Crippen LogP contribution in [0.25, 0.3) is 0 Å². The fourth-order valence-corrected chi connectivity index (χ4v) is 5.53. The number of amides is 2. The molecule has 3 aromatic rings. The second-order valence-electron chi connectivity index (χ2n) is 9.75. The van der Waals surface area contributed by atoms with E-state index >= 15 is 0 Å². The van der Waals surface area contributed by atoms with Crippen LogP contribution >= 0.6 is 12.2 Å². The van der Waals surface area contributed by atoms with Crippen molar-refractivity contribution in [1.29, 1.82) is 0 Å². The van der Waals surface area contributed by atoms with Gasteiger partial charge in [0.05, 0.1) is 26.7 Å². The Hall–Kier alpha value is -4.02. The molecule has 10 heteroatoms. The number of nitrogens with one attached hydrogen (secondary N) is 2. The first-order valence-electron chi connectivity index (χ1n) is 13.1. The minimum absolute atomic E-state index is 0.216. The number of hydrogen-bond acceptors (Lipinski definition) is 6. The number of thiocarbonyl (C=S) groups is 1. The molecule has 2 fully saturated rings. The van der Waals surface area contributed by atoms with Crippen LogP contribution in [-0.4, -0.2) is 61.8 Å². The van der Waals surface area contributed by atoms with Crippen LogP contribution in [0, 0.1) is 5.82 Å². The molecule has 0 saturated carbocycles. The lowest BCUT2D eigenvalue weighted by molar-refractivity contribution is -0.131. The summed E-state index contributed by atoms with van der Waals surface area (Å²) in [6.07, 6.45) is 0.369. The number of benzene rings is 3. The Morgan fingerprint density at radius 3 is 2.38 bits per heavy atom. The van der Waals surface area contributed by atoms with Gasteiger partial charge in [0.2, 0.25) is 5.91 Å². The number of nitrogens with zero attached hydrogens (tertiary/aromatic N) is 2. The molecule has 1 unspecified atom stereocenters. The Bertz CT molecular complexity index is 1360. The second-order valence-corrected chi connectivity index (χ2v) is 10.1. The number of carbonyl (C=O) groups is 2. The van der Waals surface area contributed by atoms with Crippen molar-refractivity contribution in [3.05, 3.63) is 89.7 Å². The van der Waals surface area contributed by atoms with Crippen LogP contribution in [0.3, 0.4) is 0 Å². The lowest BCUT2D eigenvalue weighted by Gasteiger charge is -2.36. The molecule has 1 atom stereocenters. The fraction of sp³-hybridized carbons (Fsp3) is 0.300. The molecule has 2 aliphatic heterocycles. The molecule has 0 spiro atoms. The Labute approximate surface area is 238 Å². The topological polar surface area (TPSA) is 83.1 Å². The quantitative estimate of drug-likeness (QED) is 0.384. The number of methoxy groups -OCH3 is 1. The predicted molar refractivity (Wildman–Crippen MR) is 155 cm³/mol. The van der Waals surface area contributed by atoms with E-state index < -0.39 is 17.3 Å². The van der Waals surface area contributed by atoms with Crippen LogP contribution in [0.4, 0.5) is 15.8 Å². The summed E-state index contributed by atoms with van der Waals surface area (Å²) < 4.78 is 24.5. The molecule has 2 amide bonds. The number of morpholine rings is 1. The highest BCUT2D eigenvalue weighted by Crippen LogP contribution is 2.37. The van der Waals surface area contributed by atoms with Gasteiger partial charge in [0.1, 0.15) is 11.6 Å². The highest BCUT2D eigenvalue weighted by Gasteiger charge is 2.53. The smallest absolute Gasteiger partial charge is 0.257 e. The third kappa shape index (κ3) is 5.78. The van der Waals surface area contributed by atoms with Crippen molar-refractivity contribution < 1.29 is 23.5 Å². The van der Waals surface area contributed by atoms with Crippen molar-refractivity contribution >= 4 is 40.5 Å². The monoisotopic (exact) mass is 562 g/mol. The summed E-state index contributed by atoms with van der Waals surface area (Å²) in [5.74, 6) is -0.578. The van der Waals surface area contributed by atoms with Gasteiger partial charge in [0, 0.05) is 31.0 Å². The van der Waals surface area contributed by atoms with Crippen LogP contribution in [0.1, 0.15) is 17.5 Å². The Morgan fingerprint density at radius 2 is 1.73 bits per heavy atom. The first kappa shape index (κ1) is 27.5. The van der Waals surface area contributed by atoms with Gasteiger partial charge in [-0.2, -0.15) is 0 Å². The molecular weight excluding hydrogens is 531 g/mol. The second kappa shape index (κ2) is 12.0. The highest BCUT2D eigenvalue weighted by atomic mass is 32.1. The maximum absolute atomic E-state index is 13.9. The van der Waals surface area contributed by atoms with E-state index in [2.05, 4.69) is 39.8 Å². The van der Waals surface area contributed by atoms with E-state index in [1.807, 2.05) is 0 Å². The van der Waals surface area contributed by atoms with Crippen molar-refractivity contribution in [2.75, 3.05) is 50.2 Å². The highest BCUT2D eigenvalue weighted by molar-refractivity contribution is 7.80. The molecule has 0 radical (unpaired) electrons. The molecule has 0 aliphatic carbocycles. The SMILES string of the molecule is COc1ccc(NC(=O)CC2(c3ccc(F)cc3)C(=O)NC(=S)N2CCc2ccc(N3CCOCC3)cc2)cc1. The molecule has 2 saturated heterocycles. The summed E-state index contributed by atoms with van der Waals surface area (Å²) in [5, 5.41) is 5.85. The molecular formula is C30H31FN4O4S. The lowest BCUT2D eigenvalue weighted by Crippen LogP contribution is -2.50. The fourth-order valence-electron chi connectivity index (χ4n) is 5.19. The number of halogens is 1. The summed E-state index contributed by atoms with van der Waals surface area (Å²) in [4.78, 5) is 30.9. The van der Waals surface area contributed by atoms with Crippen LogP contribution in [0.15, 0.2) is 72.8 Å². The lowest BCUT2D eigenvalue weighted by atomic mass is 9.84. The first-order valence-corrected chi connectivity index (χ1v) is 13.5. The van der Waals surface area contributed by atoms with Gasteiger partial charge in [0.15, 0.2) is 10.7 Å². The van der Waals surface area contributed by atoms with Crippen molar-refractivity contribution in [2.24, 2.45) is 0 Å². The van der Waals surface area contributed by atoms with Gasteiger partial charge < -0.3 is 29.9 Å². The predicted octanol–water partition coefficient (Wildman–Crippen LogP) is 3.85. The van der Waals surface area contributed by atoms with Crippen molar-refractivity contribution in [3.63, 3.8) is 0 Å². The third-order valence-corrected chi connectivity index (χ3v) is 7.67. The summed E-state index contributed by atoms with van der Waals surface area (Å²) >= 11 is 5.58. The van der Waals surface area contributed by atoms with Gasteiger partial charge in [-0.1, -0.05) is 24.3 Å². The van der Waals surface area contributed by atoms with E-state index in [1.165, 1.54) is 24.3 Å². The third-order valence-electron chi connectivity index (χ3n) is 7.35. The number of rotatable bonds is 9. The Kier molecular flexibility index (Phi) is 8.27. The van der Waals surface area contributed by atoms with Gasteiger partial charge in [-0.15, -0.1) is 0 Å². The average molecular weight is 563 g/mol. The zero-order valence-electron chi connectivity index (χ0n) is 22.2. The van der Waals surface area contributed by atoms with Gasteiger partial charge >= 0.3 is 0 Å². The van der Waals surface area contributed by atoms with E-state index in [9.17, 15) is 14.0 Å².